The van der Waals surface area contributed by atoms with Crippen molar-refractivity contribution in [2.75, 3.05) is 7.11 Å². The van der Waals surface area contributed by atoms with Gasteiger partial charge in [-0.15, -0.1) is 0 Å². The first-order valence-electron chi connectivity index (χ1n) is 12.9. The lowest BCUT2D eigenvalue weighted by Crippen LogP contribution is -2.47. The number of methoxy groups -OCH3 is 1. The molecule has 4 unspecified atom stereocenters. The number of nitrogens with one attached hydrogen (secondary N) is 1. The van der Waals surface area contributed by atoms with E-state index < -0.39 is 42.0 Å². The van der Waals surface area contributed by atoms with E-state index >= 15 is 0 Å². The molecule has 0 amide bonds. The summed E-state index contributed by atoms with van der Waals surface area (Å²) in [6.07, 6.45) is 5.97. The molecule has 0 radical (unpaired) electrons. The number of hydrogen-bond donors (Lipinski definition) is 2. The van der Waals surface area contributed by atoms with Gasteiger partial charge in [-0.3, -0.25) is 0 Å². The molecule has 2 bridgehead atoms. The van der Waals surface area contributed by atoms with Crippen molar-refractivity contribution in [3.8, 4) is 0 Å². The number of carbonyl (C=O) groups is 2. The summed E-state index contributed by atoms with van der Waals surface area (Å²) in [7, 11) is 1.50. The number of aromatic amines is 1. The highest BCUT2D eigenvalue weighted by atomic mass is 16.6. The Morgan fingerprint density at radius 3 is 2.61 bits per heavy atom. The fourth-order valence-corrected chi connectivity index (χ4v) is 6.05. The minimum Gasteiger partial charge on any atom is -0.457 e. The van der Waals surface area contributed by atoms with Crippen LogP contribution in [0, 0.1) is 23.7 Å². The van der Waals surface area contributed by atoms with Crippen molar-refractivity contribution in [1.82, 2.24) is 4.98 Å². The molecule has 1 fully saturated rings. The maximum atomic E-state index is 13.0. The first-order valence-corrected chi connectivity index (χ1v) is 12.9. The van der Waals surface area contributed by atoms with E-state index in [0.717, 1.165) is 5.57 Å². The SMILES string of the molecule is CO[C@H]1C[C@H]2C=C[C@@H]3CC2(OC3[C@H](OC(=O)c2ccc[nH]2)C(C)C)/C(C)=C/C(C)[C@@H](C(C)O)OC1=O. The van der Waals surface area contributed by atoms with Crippen LogP contribution in [-0.2, 0) is 23.7 Å². The molecule has 198 valence electrons. The van der Waals surface area contributed by atoms with Crippen LogP contribution in [0.1, 0.15) is 57.9 Å². The molecule has 1 saturated heterocycles. The number of aliphatic hydroxyl groups is 1. The van der Waals surface area contributed by atoms with E-state index in [1.807, 2.05) is 27.7 Å². The second-order valence-corrected chi connectivity index (χ2v) is 10.8. The van der Waals surface area contributed by atoms with Crippen LogP contribution >= 0.6 is 0 Å². The molecule has 8 nitrogen and oxygen atoms in total. The van der Waals surface area contributed by atoms with Crippen LogP contribution in [0.2, 0.25) is 0 Å². The van der Waals surface area contributed by atoms with E-state index in [1.165, 1.54) is 7.11 Å². The van der Waals surface area contributed by atoms with E-state index in [0.29, 0.717) is 18.5 Å². The molecule has 1 aromatic heterocycles. The van der Waals surface area contributed by atoms with Gasteiger partial charge in [-0.05, 0) is 50.3 Å². The second-order valence-electron chi connectivity index (χ2n) is 10.8. The van der Waals surface area contributed by atoms with Crippen LogP contribution in [0.25, 0.3) is 0 Å². The number of cyclic esters (lactones) is 1. The Labute approximate surface area is 213 Å². The van der Waals surface area contributed by atoms with Gasteiger partial charge >= 0.3 is 11.9 Å². The number of H-pyrrole nitrogens is 1. The van der Waals surface area contributed by atoms with Gasteiger partial charge in [0.2, 0.25) is 0 Å². The molecule has 9 atom stereocenters. The van der Waals surface area contributed by atoms with E-state index in [-0.39, 0.29) is 29.8 Å². The van der Waals surface area contributed by atoms with Crippen LogP contribution in [0.3, 0.4) is 0 Å². The average molecular weight is 502 g/mol. The predicted octanol–water partition coefficient (Wildman–Crippen LogP) is 3.82. The van der Waals surface area contributed by atoms with Crippen molar-refractivity contribution in [1.29, 1.82) is 0 Å². The summed E-state index contributed by atoms with van der Waals surface area (Å²) >= 11 is 0. The lowest BCUT2D eigenvalue weighted by molar-refractivity contribution is -0.172. The zero-order valence-corrected chi connectivity index (χ0v) is 22.0. The molecule has 3 heterocycles. The standard InChI is InChI=1S/C28H39NO7/c1-15(2)23(34-26(31)21-8-7-11-29-21)25-19-9-10-20-13-22(33-6)27(32)35-24(18(5)30)16(3)12-17(4)28(20,14-19)36-25/h7-12,15-16,18-20,22-25,29-30H,13-14H2,1-6H3/b17-12+/t16?,18?,19-,20-,22+,23-,24+,25?,28?/m1/s1. The third-order valence-electron chi connectivity index (χ3n) is 7.98. The van der Waals surface area contributed by atoms with Gasteiger partial charge < -0.3 is 29.0 Å². The Kier molecular flexibility index (Phi) is 7.78. The quantitative estimate of drug-likeness (QED) is 0.451. The smallest absolute Gasteiger partial charge is 0.355 e. The summed E-state index contributed by atoms with van der Waals surface area (Å²) in [6.45, 7) is 9.65. The summed E-state index contributed by atoms with van der Waals surface area (Å²) in [5, 5.41) is 10.3. The van der Waals surface area contributed by atoms with Crippen LogP contribution < -0.4 is 0 Å². The van der Waals surface area contributed by atoms with E-state index in [1.54, 1.807) is 25.3 Å². The first-order chi connectivity index (χ1) is 17.1. The highest BCUT2D eigenvalue weighted by Crippen LogP contribution is 2.53. The Morgan fingerprint density at radius 2 is 2.00 bits per heavy atom. The van der Waals surface area contributed by atoms with Crippen LogP contribution in [-0.4, -0.2) is 65.3 Å². The Balaban J connectivity index is 1.70. The molecule has 8 heteroatoms. The molecule has 3 aliphatic rings. The number of hydrogen-bond acceptors (Lipinski definition) is 7. The van der Waals surface area contributed by atoms with Crippen molar-refractivity contribution >= 4 is 11.9 Å². The molecule has 1 spiro atoms. The van der Waals surface area contributed by atoms with Gasteiger partial charge in [0.1, 0.15) is 24.0 Å². The fraction of sp³-hybridized carbons (Fsp3) is 0.643. The van der Waals surface area contributed by atoms with E-state index in [4.69, 9.17) is 18.9 Å². The lowest BCUT2D eigenvalue weighted by Gasteiger charge is -2.41. The van der Waals surface area contributed by atoms with E-state index in [2.05, 4.69) is 23.2 Å². The molecule has 1 aromatic rings. The third-order valence-corrected chi connectivity index (χ3v) is 7.98. The predicted molar refractivity (Wildman–Crippen MR) is 133 cm³/mol. The molecule has 0 saturated carbocycles. The summed E-state index contributed by atoms with van der Waals surface area (Å²) < 4.78 is 24.2. The summed E-state index contributed by atoms with van der Waals surface area (Å²) in [4.78, 5) is 28.7. The zero-order chi connectivity index (χ0) is 26.2. The minimum absolute atomic E-state index is 0.0283. The molecular weight excluding hydrogens is 462 g/mol. The summed E-state index contributed by atoms with van der Waals surface area (Å²) in [6, 6.07) is 3.46. The number of carbonyl (C=O) groups excluding carboxylic acids is 2. The van der Waals surface area contributed by atoms with Gasteiger partial charge in [-0.1, -0.05) is 39.0 Å². The van der Waals surface area contributed by atoms with Crippen molar-refractivity contribution in [2.45, 2.75) is 83.6 Å². The number of ether oxygens (including phenoxy) is 4. The fourth-order valence-electron chi connectivity index (χ4n) is 6.05. The summed E-state index contributed by atoms with van der Waals surface area (Å²) in [5.41, 5.74) is 0.748. The Bertz CT molecular complexity index is 998. The Morgan fingerprint density at radius 1 is 1.25 bits per heavy atom. The molecule has 1 aliphatic carbocycles. The maximum absolute atomic E-state index is 13.0. The average Bonchev–Trinajstić information content (AvgIpc) is 3.47. The van der Waals surface area contributed by atoms with Crippen LogP contribution in [0.4, 0.5) is 0 Å². The molecule has 0 aromatic carbocycles. The molecule has 2 aliphatic heterocycles. The number of aromatic nitrogens is 1. The molecular formula is C28H39NO7. The van der Waals surface area contributed by atoms with Gasteiger partial charge in [-0.25, -0.2) is 9.59 Å². The van der Waals surface area contributed by atoms with Crippen molar-refractivity contribution in [3.05, 3.63) is 47.8 Å². The number of aliphatic hydroxyl groups excluding tert-OH is 1. The number of rotatable bonds is 6. The van der Waals surface area contributed by atoms with Crippen LogP contribution in [0.5, 0.6) is 0 Å². The van der Waals surface area contributed by atoms with E-state index in [9.17, 15) is 14.7 Å². The molecule has 2 N–H and O–H groups in total. The van der Waals surface area contributed by atoms with Crippen molar-refractivity contribution in [3.63, 3.8) is 0 Å². The topological polar surface area (TPSA) is 107 Å². The Hall–Kier alpha value is -2.42. The monoisotopic (exact) mass is 501 g/mol. The largest absolute Gasteiger partial charge is 0.457 e. The third kappa shape index (κ3) is 4.91. The first kappa shape index (κ1) is 26.6. The second kappa shape index (κ2) is 10.5. The normalized spacial score (nSPS) is 37.4. The van der Waals surface area contributed by atoms with Gasteiger partial charge in [-0.2, -0.15) is 0 Å². The van der Waals surface area contributed by atoms with Gasteiger partial charge in [0, 0.05) is 31.1 Å². The van der Waals surface area contributed by atoms with Gasteiger partial charge in [0.25, 0.3) is 0 Å². The minimum atomic E-state index is -0.841. The van der Waals surface area contributed by atoms with Gasteiger partial charge in [0.15, 0.2) is 6.10 Å². The number of fused-ring (bicyclic) bond motifs is 1. The van der Waals surface area contributed by atoms with Crippen molar-refractivity contribution < 1.29 is 33.6 Å². The lowest BCUT2D eigenvalue weighted by atomic mass is 9.69. The molecule has 36 heavy (non-hydrogen) atoms. The summed E-state index contributed by atoms with van der Waals surface area (Å²) in [5.74, 6) is -1.18. The van der Waals surface area contributed by atoms with Crippen molar-refractivity contribution in [2.24, 2.45) is 23.7 Å². The zero-order valence-electron chi connectivity index (χ0n) is 22.0. The highest BCUT2D eigenvalue weighted by molar-refractivity contribution is 5.87. The van der Waals surface area contributed by atoms with Gasteiger partial charge in [0.05, 0.1) is 11.7 Å². The molecule has 4 rings (SSSR count). The maximum Gasteiger partial charge on any atom is 0.355 e. The number of esters is 2. The van der Waals surface area contributed by atoms with Crippen LogP contribution in [0.15, 0.2) is 42.1 Å². The highest BCUT2D eigenvalue weighted by Gasteiger charge is 2.57.